The summed E-state index contributed by atoms with van der Waals surface area (Å²) >= 11 is 8.98. The van der Waals surface area contributed by atoms with Gasteiger partial charge in [0, 0.05) is 16.4 Å². The Bertz CT molecular complexity index is 405. The van der Waals surface area contributed by atoms with Gasteiger partial charge in [-0.3, -0.25) is 4.79 Å². The van der Waals surface area contributed by atoms with Crippen LogP contribution in [0.5, 0.6) is 0 Å². The van der Waals surface area contributed by atoms with E-state index < -0.39 is 11.7 Å². The van der Waals surface area contributed by atoms with Crippen molar-refractivity contribution in [1.82, 2.24) is 5.32 Å². The highest BCUT2D eigenvalue weighted by Crippen LogP contribution is 2.20. The molecular formula is C13H16BrClFNO. The molecule has 0 aromatic heterocycles. The Morgan fingerprint density at radius 2 is 2.17 bits per heavy atom. The largest absolute Gasteiger partial charge is 0.348 e. The standard InChI is InChI=1S/C13H16BrClFNO/c1-8(2)6-9(7-15)17-13(18)12-10(14)4-3-5-11(12)16/h3-5,8-9H,6-7H2,1-2H3,(H,17,18). The van der Waals surface area contributed by atoms with E-state index in [4.69, 9.17) is 11.6 Å². The molecule has 0 heterocycles. The first-order valence-corrected chi connectivity index (χ1v) is 7.09. The van der Waals surface area contributed by atoms with Crippen molar-refractivity contribution in [3.63, 3.8) is 0 Å². The molecule has 0 radical (unpaired) electrons. The molecule has 0 aliphatic rings. The maximum Gasteiger partial charge on any atom is 0.255 e. The topological polar surface area (TPSA) is 29.1 Å². The lowest BCUT2D eigenvalue weighted by atomic mass is 10.0. The molecule has 100 valence electrons. The quantitative estimate of drug-likeness (QED) is 0.810. The van der Waals surface area contributed by atoms with Crippen molar-refractivity contribution < 1.29 is 9.18 Å². The number of carbonyl (C=O) groups excluding carboxylic acids is 1. The Kier molecular flexibility index (Phi) is 6.09. The maximum absolute atomic E-state index is 13.6. The number of hydrogen-bond donors (Lipinski definition) is 1. The van der Waals surface area contributed by atoms with Gasteiger partial charge in [-0.05, 0) is 40.4 Å². The van der Waals surface area contributed by atoms with E-state index in [0.717, 1.165) is 6.42 Å². The molecule has 1 amide bonds. The maximum atomic E-state index is 13.6. The van der Waals surface area contributed by atoms with E-state index in [1.54, 1.807) is 12.1 Å². The van der Waals surface area contributed by atoms with Crippen LogP contribution in [0, 0.1) is 11.7 Å². The van der Waals surface area contributed by atoms with Crippen LogP contribution in [0.15, 0.2) is 22.7 Å². The lowest BCUT2D eigenvalue weighted by Crippen LogP contribution is -2.37. The number of amides is 1. The monoisotopic (exact) mass is 335 g/mol. The summed E-state index contributed by atoms with van der Waals surface area (Å²) in [7, 11) is 0. The number of carbonyl (C=O) groups is 1. The third-order valence-electron chi connectivity index (χ3n) is 2.47. The molecule has 0 aliphatic heterocycles. The van der Waals surface area contributed by atoms with Crippen LogP contribution < -0.4 is 5.32 Å². The van der Waals surface area contributed by atoms with Crippen molar-refractivity contribution in [2.75, 3.05) is 5.88 Å². The van der Waals surface area contributed by atoms with Gasteiger partial charge in [0.2, 0.25) is 0 Å². The first-order valence-electron chi connectivity index (χ1n) is 5.76. The molecule has 1 N–H and O–H groups in total. The second kappa shape index (κ2) is 7.10. The highest BCUT2D eigenvalue weighted by molar-refractivity contribution is 9.10. The summed E-state index contributed by atoms with van der Waals surface area (Å²) in [6, 6.07) is 4.29. The number of rotatable bonds is 5. The molecule has 1 rings (SSSR count). The van der Waals surface area contributed by atoms with Gasteiger partial charge < -0.3 is 5.32 Å². The van der Waals surface area contributed by atoms with E-state index in [1.165, 1.54) is 6.07 Å². The minimum Gasteiger partial charge on any atom is -0.348 e. The number of alkyl halides is 1. The van der Waals surface area contributed by atoms with Gasteiger partial charge in [-0.15, -0.1) is 11.6 Å². The van der Waals surface area contributed by atoms with Crippen LogP contribution in [0.3, 0.4) is 0 Å². The lowest BCUT2D eigenvalue weighted by Gasteiger charge is -2.18. The van der Waals surface area contributed by atoms with Gasteiger partial charge >= 0.3 is 0 Å². The van der Waals surface area contributed by atoms with Gasteiger partial charge in [0.1, 0.15) is 5.82 Å². The fraction of sp³-hybridized carbons (Fsp3) is 0.462. The number of nitrogens with one attached hydrogen (secondary N) is 1. The smallest absolute Gasteiger partial charge is 0.255 e. The SMILES string of the molecule is CC(C)CC(CCl)NC(=O)c1c(F)cccc1Br. The normalized spacial score (nSPS) is 12.6. The summed E-state index contributed by atoms with van der Waals surface area (Å²) < 4.78 is 14.0. The Balaban J connectivity index is 2.81. The average molecular weight is 337 g/mol. The van der Waals surface area contributed by atoms with Crippen LogP contribution in [-0.4, -0.2) is 17.8 Å². The molecule has 0 saturated heterocycles. The zero-order chi connectivity index (χ0) is 13.7. The summed E-state index contributed by atoms with van der Waals surface area (Å²) in [6.07, 6.45) is 0.765. The van der Waals surface area contributed by atoms with Crippen LogP contribution in [0.25, 0.3) is 0 Å². The van der Waals surface area contributed by atoms with Crippen molar-refractivity contribution in [2.45, 2.75) is 26.3 Å². The summed E-state index contributed by atoms with van der Waals surface area (Å²) in [6.45, 7) is 4.09. The van der Waals surface area contributed by atoms with Crippen molar-refractivity contribution >= 4 is 33.4 Å². The Hall–Kier alpha value is -0.610. The summed E-state index contributed by atoms with van der Waals surface area (Å²) in [5, 5.41) is 2.76. The zero-order valence-corrected chi connectivity index (χ0v) is 12.7. The Morgan fingerprint density at radius 3 is 2.67 bits per heavy atom. The van der Waals surface area contributed by atoms with E-state index in [2.05, 4.69) is 21.2 Å². The molecule has 2 nitrogen and oxygen atoms in total. The van der Waals surface area contributed by atoms with Crippen LogP contribution in [0.4, 0.5) is 4.39 Å². The molecule has 18 heavy (non-hydrogen) atoms. The van der Waals surface area contributed by atoms with Gasteiger partial charge in [-0.2, -0.15) is 0 Å². The zero-order valence-electron chi connectivity index (χ0n) is 10.3. The fourth-order valence-electron chi connectivity index (χ4n) is 1.70. The first kappa shape index (κ1) is 15.4. The van der Waals surface area contributed by atoms with Crippen LogP contribution in [0.2, 0.25) is 0 Å². The predicted molar refractivity (Wildman–Crippen MR) is 75.5 cm³/mol. The van der Waals surface area contributed by atoms with Crippen LogP contribution in [0.1, 0.15) is 30.6 Å². The lowest BCUT2D eigenvalue weighted by molar-refractivity contribution is 0.0931. The predicted octanol–water partition coefficient (Wildman–Crippen LogP) is 3.97. The van der Waals surface area contributed by atoms with E-state index in [1.807, 2.05) is 13.8 Å². The van der Waals surface area contributed by atoms with Crippen LogP contribution in [-0.2, 0) is 0 Å². The van der Waals surface area contributed by atoms with E-state index in [0.29, 0.717) is 16.3 Å². The average Bonchev–Trinajstić information content (AvgIpc) is 2.27. The molecular weight excluding hydrogens is 321 g/mol. The van der Waals surface area contributed by atoms with Crippen LogP contribution >= 0.6 is 27.5 Å². The molecule has 0 aliphatic carbocycles. The number of hydrogen-bond acceptors (Lipinski definition) is 1. The van der Waals surface area contributed by atoms with E-state index in [9.17, 15) is 9.18 Å². The highest BCUT2D eigenvalue weighted by atomic mass is 79.9. The minimum absolute atomic E-state index is 0.0244. The number of benzene rings is 1. The van der Waals surface area contributed by atoms with Crippen molar-refractivity contribution in [3.05, 3.63) is 34.1 Å². The second-order valence-corrected chi connectivity index (χ2v) is 5.71. The summed E-state index contributed by atoms with van der Waals surface area (Å²) in [5.74, 6) is -0.250. The molecule has 0 saturated carbocycles. The Morgan fingerprint density at radius 1 is 1.50 bits per heavy atom. The van der Waals surface area contributed by atoms with Gasteiger partial charge in [-0.1, -0.05) is 19.9 Å². The molecule has 0 bridgehead atoms. The van der Waals surface area contributed by atoms with Gasteiger partial charge in [0.15, 0.2) is 0 Å². The summed E-state index contributed by atoms with van der Waals surface area (Å²) in [5.41, 5.74) is 0.0244. The second-order valence-electron chi connectivity index (χ2n) is 4.55. The Labute approximate surface area is 120 Å². The van der Waals surface area contributed by atoms with Crippen molar-refractivity contribution in [2.24, 2.45) is 5.92 Å². The third-order valence-corrected chi connectivity index (χ3v) is 3.50. The molecule has 0 spiro atoms. The van der Waals surface area contributed by atoms with Crippen molar-refractivity contribution in [1.29, 1.82) is 0 Å². The van der Waals surface area contributed by atoms with E-state index in [-0.39, 0.29) is 11.6 Å². The molecule has 1 aromatic carbocycles. The van der Waals surface area contributed by atoms with Gasteiger partial charge in [0.05, 0.1) is 5.56 Å². The minimum atomic E-state index is -0.542. The molecule has 1 aromatic rings. The molecule has 1 unspecified atom stereocenters. The van der Waals surface area contributed by atoms with Crippen molar-refractivity contribution in [3.8, 4) is 0 Å². The number of halogens is 3. The fourth-order valence-corrected chi connectivity index (χ4v) is 2.43. The molecule has 1 atom stereocenters. The highest BCUT2D eigenvalue weighted by Gasteiger charge is 2.19. The van der Waals surface area contributed by atoms with Gasteiger partial charge in [0.25, 0.3) is 5.91 Å². The first-order chi connectivity index (χ1) is 8.45. The summed E-state index contributed by atoms with van der Waals surface area (Å²) in [4.78, 5) is 12.0. The molecule has 5 heteroatoms. The van der Waals surface area contributed by atoms with E-state index >= 15 is 0 Å². The molecule has 0 fully saturated rings. The third kappa shape index (κ3) is 4.25. The van der Waals surface area contributed by atoms with Gasteiger partial charge in [-0.25, -0.2) is 4.39 Å².